The zero-order chi connectivity index (χ0) is 13.9. The van der Waals surface area contributed by atoms with Crippen molar-refractivity contribution in [3.8, 4) is 5.75 Å². The van der Waals surface area contributed by atoms with Crippen LogP contribution in [0.15, 0.2) is 28.8 Å². The van der Waals surface area contributed by atoms with Crippen molar-refractivity contribution in [3.63, 3.8) is 0 Å². The van der Waals surface area contributed by atoms with Gasteiger partial charge in [0.15, 0.2) is 5.82 Å². The Morgan fingerprint density at radius 2 is 2.25 bits per heavy atom. The molecular formula is C15H19N3O2. The van der Waals surface area contributed by atoms with E-state index in [1.54, 1.807) is 0 Å². The third-order valence-corrected chi connectivity index (χ3v) is 3.73. The summed E-state index contributed by atoms with van der Waals surface area (Å²) in [5, 5.41) is 4.13. The van der Waals surface area contributed by atoms with Crippen LogP contribution in [0.4, 0.5) is 0 Å². The molecule has 2 heterocycles. The lowest BCUT2D eigenvalue weighted by atomic mass is 10.0. The van der Waals surface area contributed by atoms with E-state index in [0.717, 1.165) is 24.2 Å². The standard InChI is InChI=1S/C15H19N3O2/c1-10(5-4-8-16)15-17-14(18-20-15)12-9-19-13-7-3-2-6-11(12)13/h2-3,6-7,10,12H,4-5,8-9,16H2,1H3. The Morgan fingerprint density at radius 1 is 1.40 bits per heavy atom. The molecule has 1 aromatic heterocycles. The second-order valence-electron chi connectivity index (χ2n) is 5.22. The van der Waals surface area contributed by atoms with Gasteiger partial charge in [-0.1, -0.05) is 30.3 Å². The molecule has 0 amide bonds. The number of hydrogen-bond donors (Lipinski definition) is 1. The van der Waals surface area contributed by atoms with E-state index in [1.165, 1.54) is 0 Å². The lowest BCUT2D eigenvalue weighted by Crippen LogP contribution is -2.05. The van der Waals surface area contributed by atoms with Crippen molar-refractivity contribution in [1.29, 1.82) is 0 Å². The minimum absolute atomic E-state index is 0.0745. The maximum atomic E-state index is 5.66. The summed E-state index contributed by atoms with van der Waals surface area (Å²) in [7, 11) is 0. The Bertz CT molecular complexity index is 582. The molecule has 1 aliphatic heterocycles. The van der Waals surface area contributed by atoms with Crippen LogP contribution >= 0.6 is 0 Å². The van der Waals surface area contributed by atoms with Crippen molar-refractivity contribution in [2.45, 2.75) is 31.6 Å². The minimum Gasteiger partial charge on any atom is -0.492 e. The summed E-state index contributed by atoms with van der Waals surface area (Å²) in [6, 6.07) is 8.00. The molecule has 3 rings (SSSR count). The van der Waals surface area contributed by atoms with E-state index in [0.29, 0.717) is 24.9 Å². The second-order valence-corrected chi connectivity index (χ2v) is 5.22. The summed E-state index contributed by atoms with van der Waals surface area (Å²) in [5.74, 6) is 2.64. The van der Waals surface area contributed by atoms with E-state index in [-0.39, 0.29) is 11.8 Å². The molecule has 2 N–H and O–H groups in total. The van der Waals surface area contributed by atoms with Crippen LogP contribution in [0.3, 0.4) is 0 Å². The van der Waals surface area contributed by atoms with Crippen molar-refractivity contribution in [1.82, 2.24) is 10.1 Å². The largest absolute Gasteiger partial charge is 0.492 e. The third kappa shape index (κ3) is 2.41. The van der Waals surface area contributed by atoms with E-state index in [2.05, 4.69) is 23.1 Å². The Kier molecular flexibility index (Phi) is 3.69. The van der Waals surface area contributed by atoms with Gasteiger partial charge in [0.2, 0.25) is 5.89 Å². The number of nitrogens with zero attached hydrogens (tertiary/aromatic N) is 2. The van der Waals surface area contributed by atoms with Crippen LogP contribution in [-0.4, -0.2) is 23.3 Å². The molecule has 5 nitrogen and oxygen atoms in total. The highest BCUT2D eigenvalue weighted by Crippen LogP contribution is 2.37. The number of nitrogens with two attached hydrogens (primary N) is 1. The number of para-hydroxylation sites is 1. The summed E-state index contributed by atoms with van der Waals surface area (Å²) >= 11 is 0. The maximum absolute atomic E-state index is 5.66. The van der Waals surface area contributed by atoms with Gasteiger partial charge in [-0.2, -0.15) is 4.98 Å². The van der Waals surface area contributed by atoms with E-state index >= 15 is 0 Å². The molecule has 0 fully saturated rings. The van der Waals surface area contributed by atoms with Crippen LogP contribution in [0.2, 0.25) is 0 Å². The molecule has 0 aliphatic carbocycles. The zero-order valence-electron chi connectivity index (χ0n) is 11.6. The van der Waals surface area contributed by atoms with Gasteiger partial charge in [-0.15, -0.1) is 0 Å². The molecule has 1 aliphatic rings. The fraction of sp³-hybridized carbons (Fsp3) is 0.467. The van der Waals surface area contributed by atoms with Crippen LogP contribution in [0, 0.1) is 0 Å². The highest BCUT2D eigenvalue weighted by atomic mass is 16.5. The smallest absolute Gasteiger partial charge is 0.229 e. The van der Waals surface area contributed by atoms with Gasteiger partial charge >= 0.3 is 0 Å². The first-order valence-electron chi connectivity index (χ1n) is 7.05. The SMILES string of the molecule is CC(CCCN)c1nc(C2COc3ccccc32)no1. The van der Waals surface area contributed by atoms with Gasteiger partial charge in [0.25, 0.3) is 0 Å². The summed E-state index contributed by atoms with van der Waals surface area (Å²) in [4.78, 5) is 4.55. The molecule has 2 unspecified atom stereocenters. The predicted molar refractivity (Wildman–Crippen MR) is 74.8 cm³/mol. The molecule has 2 aromatic rings. The Hall–Kier alpha value is -1.88. The first-order chi connectivity index (χ1) is 9.79. The molecule has 1 aromatic carbocycles. The van der Waals surface area contributed by atoms with Crippen LogP contribution < -0.4 is 10.5 Å². The van der Waals surface area contributed by atoms with Crippen LogP contribution in [0.25, 0.3) is 0 Å². The summed E-state index contributed by atoms with van der Waals surface area (Å²) in [6.07, 6.45) is 1.93. The van der Waals surface area contributed by atoms with Crippen molar-refractivity contribution < 1.29 is 9.26 Å². The predicted octanol–water partition coefficient (Wildman–Crippen LogP) is 2.44. The van der Waals surface area contributed by atoms with Crippen molar-refractivity contribution >= 4 is 0 Å². The molecule has 0 spiro atoms. The van der Waals surface area contributed by atoms with Gasteiger partial charge in [0, 0.05) is 11.5 Å². The van der Waals surface area contributed by atoms with Gasteiger partial charge < -0.3 is 15.0 Å². The second kappa shape index (κ2) is 5.63. The van der Waals surface area contributed by atoms with Crippen LogP contribution in [0.5, 0.6) is 5.75 Å². The molecule has 0 saturated heterocycles. The fourth-order valence-corrected chi connectivity index (χ4v) is 2.51. The topological polar surface area (TPSA) is 74.2 Å². The van der Waals surface area contributed by atoms with Crippen molar-refractivity contribution in [3.05, 3.63) is 41.5 Å². The molecule has 0 bridgehead atoms. The molecule has 20 heavy (non-hydrogen) atoms. The highest BCUT2D eigenvalue weighted by Gasteiger charge is 2.29. The number of benzene rings is 1. The van der Waals surface area contributed by atoms with E-state index < -0.39 is 0 Å². The normalized spacial score (nSPS) is 18.6. The molecule has 0 saturated carbocycles. The van der Waals surface area contributed by atoms with E-state index in [9.17, 15) is 0 Å². The summed E-state index contributed by atoms with van der Waals surface area (Å²) in [6.45, 7) is 3.36. The lowest BCUT2D eigenvalue weighted by Gasteiger charge is -2.04. The first-order valence-corrected chi connectivity index (χ1v) is 7.05. The number of ether oxygens (including phenoxy) is 1. The number of aromatic nitrogens is 2. The minimum atomic E-state index is 0.0745. The van der Waals surface area contributed by atoms with Crippen LogP contribution in [0.1, 0.15) is 48.9 Å². The quantitative estimate of drug-likeness (QED) is 0.905. The molecule has 106 valence electrons. The lowest BCUT2D eigenvalue weighted by molar-refractivity contribution is 0.327. The Balaban J connectivity index is 1.78. The molecule has 0 radical (unpaired) electrons. The van der Waals surface area contributed by atoms with Crippen molar-refractivity contribution in [2.24, 2.45) is 5.73 Å². The number of rotatable bonds is 5. The van der Waals surface area contributed by atoms with Gasteiger partial charge in [-0.3, -0.25) is 0 Å². The third-order valence-electron chi connectivity index (χ3n) is 3.73. The van der Waals surface area contributed by atoms with Gasteiger partial charge in [0.05, 0.1) is 5.92 Å². The summed E-state index contributed by atoms with van der Waals surface area (Å²) in [5.41, 5.74) is 6.66. The number of fused-ring (bicyclic) bond motifs is 1. The number of hydrogen-bond acceptors (Lipinski definition) is 5. The van der Waals surface area contributed by atoms with Gasteiger partial charge in [-0.05, 0) is 25.5 Å². The highest BCUT2D eigenvalue weighted by molar-refractivity contribution is 5.42. The average molecular weight is 273 g/mol. The Labute approximate surface area is 118 Å². The van der Waals surface area contributed by atoms with Gasteiger partial charge in [-0.25, -0.2) is 0 Å². The maximum Gasteiger partial charge on any atom is 0.229 e. The Morgan fingerprint density at radius 3 is 3.10 bits per heavy atom. The van der Waals surface area contributed by atoms with Crippen molar-refractivity contribution in [2.75, 3.05) is 13.2 Å². The van der Waals surface area contributed by atoms with E-state index in [4.69, 9.17) is 15.0 Å². The fourth-order valence-electron chi connectivity index (χ4n) is 2.51. The molecule has 5 heteroatoms. The first kappa shape index (κ1) is 13.1. The molecular weight excluding hydrogens is 254 g/mol. The van der Waals surface area contributed by atoms with Crippen LogP contribution in [-0.2, 0) is 0 Å². The van der Waals surface area contributed by atoms with E-state index in [1.807, 2.05) is 18.2 Å². The molecule has 2 atom stereocenters. The summed E-state index contributed by atoms with van der Waals surface area (Å²) < 4.78 is 11.1. The monoisotopic (exact) mass is 273 g/mol. The van der Waals surface area contributed by atoms with Gasteiger partial charge in [0.1, 0.15) is 12.4 Å². The zero-order valence-corrected chi connectivity index (χ0v) is 11.6. The average Bonchev–Trinajstić information content (AvgIpc) is 3.10.